The average molecular weight is 184 g/mol. The summed E-state index contributed by atoms with van der Waals surface area (Å²) >= 11 is 0. The van der Waals surface area contributed by atoms with E-state index in [4.69, 9.17) is 5.73 Å². The molecule has 12 heavy (non-hydrogen) atoms. The van der Waals surface area contributed by atoms with Crippen LogP contribution >= 0.6 is 0 Å². The molecule has 0 heterocycles. The Bertz CT molecular complexity index is 122. The number of hydrogen-bond acceptors (Lipinski definition) is 5. The summed E-state index contributed by atoms with van der Waals surface area (Å²) in [7, 11) is 0. The van der Waals surface area contributed by atoms with Gasteiger partial charge in [-0.1, -0.05) is 0 Å². The fourth-order valence-electron chi connectivity index (χ4n) is 0.600. The van der Waals surface area contributed by atoms with Crippen molar-refractivity contribution in [2.24, 2.45) is 16.2 Å². The van der Waals surface area contributed by atoms with Crippen LogP contribution < -0.4 is 40.5 Å². The molecule has 0 aromatic carbocycles. The van der Waals surface area contributed by atoms with Crippen molar-refractivity contribution >= 4 is 0 Å². The molecule has 0 amide bonds. The smallest absolute Gasteiger partial charge is 0.636 e. The second-order valence-electron chi connectivity index (χ2n) is 2.29. The van der Waals surface area contributed by atoms with E-state index in [2.05, 4.69) is 15.5 Å². The maximum atomic E-state index is 9.44. The van der Waals surface area contributed by atoms with E-state index in [0.29, 0.717) is 13.1 Å². The van der Waals surface area contributed by atoms with Crippen LogP contribution in [0.4, 0.5) is 0 Å². The largest absolute Gasteiger partial charge is 1.00 e. The quantitative estimate of drug-likeness (QED) is 0.206. The summed E-state index contributed by atoms with van der Waals surface area (Å²) in [4.78, 5) is 3.19. The third-order valence-corrected chi connectivity index (χ3v) is 1.14. The first-order valence-corrected chi connectivity index (χ1v) is 3.39. The molecule has 0 rings (SSSR count). The Morgan fingerprint density at radius 3 is 2.50 bits per heavy atom. The van der Waals surface area contributed by atoms with Gasteiger partial charge in [-0.2, -0.15) is 0 Å². The number of rotatable bonds is 5. The van der Waals surface area contributed by atoms with Crippen LogP contribution in [-0.2, 0) is 4.99 Å². The molecule has 0 saturated heterocycles. The topological polar surface area (TPSA) is 86.3 Å². The normalized spacial score (nSPS) is 10.1. The molecule has 2 N–H and O–H groups in total. The standard InChI is InChI=1S/C5H14N4O2.Na/c1-5(2)9(4-3-6)7-8-11-10;/h5,10H,3-4,6H2,1-2H3;/q;+1/p-1/b8-7+;. The molecule has 0 spiro atoms. The third kappa shape index (κ3) is 6.81. The van der Waals surface area contributed by atoms with Crippen molar-refractivity contribution in [3.8, 4) is 0 Å². The minimum Gasteiger partial charge on any atom is -0.636 e. The van der Waals surface area contributed by atoms with E-state index < -0.39 is 0 Å². The fourth-order valence-corrected chi connectivity index (χ4v) is 0.600. The molecule has 0 aromatic rings. The second-order valence-corrected chi connectivity index (χ2v) is 2.29. The molecule has 0 unspecified atom stereocenters. The summed E-state index contributed by atoms with van der Waals surface area (Å²) in [6.45, 7) is 4.86. The Labute approximate surface area is 93.9 Å². The van der Waals surface area contributed by atoms with Gasteiger partial charge in [-0.3, -0.25) is 5.01 Å². The van der Waals surface area contributed by atoms with Crippen LogP contribution in [-0.4, -0.2) is 24.1 Å². The van der Waals surface area contributed by atoms with Gasteiger partial charge in [-0.05, 0) is 19.1 Å². The maximum absolute atomic E-state index is 9.44. The van der Waals surface area contributed by atoms with Gasteiger partial charge in [0.2, 0.25) is 0 Å². The van der Waals surface area contributed by atoms with E-state index >= 15 is 0 Å². The number of hydrogen-bond donors (Lipinski definition) is 1. The van der Waals surface area contributed by atoms with E-state index in [1.54, 1.807) is 5.01 Å². The van der Waals surface area contributed by atoms with Crippen molar-refractivity contribution in [2.75, 3.05) is 13.1 Å². The number of nitrogens with two attached hydrogens (primary N) is 1. The van der Waals surface area contributed by atoms with Crippen molar-refractivity contribution < 1.29 is 39.8 Å². The first-order chi connectivity index (χ1) is 5.22. The van der Waals surface area contributed by atoms with Crippen molar-refractivity contribution in [3.05, 3.63) is 0 Å². The molecule has 0 saturated carbocycles. The zero-order valence-electron chi connectivity index (χ0n) is 7.73. The molecule has 0 aromatic heterocycles. The molecule has 0 aliphatic rings. The fraction of sp³-hybridized carbons (Fsp3) is 1.00. The summed E-state index contributed by atoms with van der Waals surface area (Å²) in [6.07, 6.45) is 0. The first-order valence-electron chi connectivity index (χ1n) is 3.39. The Hall–Kier alpha value is 0.120. The van der Waals surface area contributed by atoms with Crippen LogP contribution in [0.25, 0.3) is 0 Å². The summed E-state index contributed by atoms with van der Waals surface area (Å²) < 4.78 is 0. The average Bonchev–Trinajstić information content (AvgIpc) is 1.97. The van der Waals surface area contributed by atoms with Gasteiger partial charge in [0.05, 0.1) is 6.54 Å². The zero-order chi connectivity index (χ0) is 8.69. The summed E-state index contributed by atoms with van der Waals surface area (Å²) in [5.74, 6) is 0. The van der Waals surface area contributed by atoms with E-state index in [0.717, 1.165) is 0 Å². The van der Waals surface area contributed by atoms with Gasteiger partial charge in [-0.15, -0.1) is 0 Å². The molecular formula is C5H13N4NaO2. The van der Waals surface area contributed by atoms with Gasteiger partial charge >= 0.3 is 29.6 Å². The summed E-state index contributed by atoms with van der Waals surface area (Å²) in [5.41, 5.74) is 5.28. The molecule has 66 valence electrons. The number of nitrogens with zero attached hydrogens (tertiary/aromatic N) is 3. The first kappa shape index (κ1) is 14.6. The molecule has 0 bridgehead atoms. The Morgan fingerprint density at radius 1 is 1.58 bits per heavy atom. The second kappa shape index (κ2) is 9.21. The van der Waals surface area contributed by atoms with Crippen LogP contribution in [0.1, 0.15) is 13.8 Å². The van der Waals surface area contributed by atoms with Gasteiger partial charge in [0, 0.05) is 17.9 Å². The van der Waals surface area contributed by atoms with Gasteiger partial charge in [-0.25, -0.2) is 0 Å². The van der Waals surface area contributed by atoms with Crippen molar-refractivity contribution in [3.63, 3.8) is 0 Å². The Morgan fingerprint density at radius 2 is 2.17 bits per heavy atom. The van der Waals surface area contributed by atoms with Crippen LogP contribution in [0.3, 0.4) is 0 Å². The molecule has 0 atom stereocenters. The molecule has 6 nitrogen and oxygen atoms in total. The molecule has 0 fully saturated rings. The maximum Gasteiger partial charge on any atom is 1.00 e. The summed E-state index contributed by atoms with van der Waals surface area (Å²) in [5, 5.41) is 17.3. The van der Waals surface area contributed by atoms with Gasteiger partial charge in [0.1, 0.15) is 0 Å². The van der Waals surface area contributed by atoms with Crippen LogP contribution in [0.5, 0.6) is 0 Å². The van der Waals surface area contributed by atoms with E-state index in [9.17, 15) is 5.26 Å². The van der Waals surface area contributed by atoms with Crippen LogP contribution in [0, 0.1) is 0 Å². The third-order valence-electron chi connectivity index (χ3n) is 1.14. The van der Waals surface area contributed by atoms with Gasteiger partial charge < -0.3 is 16.0 Å². The predicted molar refractivity (Wildman–Crippen MR) is 36.8 cm³/mol. The molecule has 0 radical (unpaired) electrons. The Balaban J connectivity index is 0. The van der Waals surface area contributed by atoms with Gasteiger partial charge in [0.15, 0.2) is 0 Å². The van der Waals surface area contributed by atoms with Crippen LogP contribution in [0.2, 0.25) is 0 Å². The van der Waals surface area contributed by atoms with Crippen molar-refractivity contribution in [1.82, 2.24) is 5.01 Å². The molecule has 0 aliphatic carbocycles. The van der Waals surface area contributed by atoms with Crippen molar-refractivity contribution in [2.45, 2.75) is 19.9 Å². The molecule has 0 aliphatic heterocycles. The van der Waals surface area contributed by atoms with Crippen LogP contribution in [0.15, 0.2) is 10.5 Å². The van der Waals surface area contributed by atoms with Crippen molar-refractivity contribution in [1.29, 1.82) is 0 Å². The van der Waals surface area contributed by atoms with E-state index in [-0.39, 0.29) is 35.6 Å². The Kier molecular flexibility index (Phi) is 11.2. The zero-order valence-corrected chi connectivity index (χ0v) is 9.73. The minimum absolute atomic E-state index is 0. The minimum atomic E-state index is 0. The predicted octanol–water partition coefficient (Wildman–Crippen LogP) is -3.77. The summed E-state index contributed by atoms with van der Waals surface area (Å²) in [6, 6.07) is 0.164. The monoisotopic (exact) mass is 184 g/mol. The van der Waals surface area contributed by atoms with E-state index in [1.165, 1.54) is 0 Å². The van der Waals surface area contributed by atoms with Gasteiger partial charge in [0.25, 0.3) is 0 Å². The molecular weight excluding hydrogens is 171 g/mol. The SMILES string of the molecule is CC(C)N(CCN)/N=N/O[O-].[Na+]. The molecule has 7 heteroatoms. The van der Waals surface area contributed by atoms with E-state index in [1.807, 2.05) is 13.8 Å².